The van der Waals surface area contributed by atoms with Gasteiger partial charge in [-0.1, -0.05) is 24.3 Å². The third-order valence-corrected chi connectivity index (χ3v) is 6.24. The molecule has 4 rings (SSSR count). The normalized spacial score (nSPS) is 10.5. The first-order valence-electron chi connectivity index (χ1n) is 10.7. The summed E-state index contributed by atoms with van der Waals surface area (Å²) in [7, 11) is 0. The van der Waals surface area contributed by atoms with Crippen molar-refractivity contribution < 1.29 is 23.8 Å². The summed E-state index contributed by atoms with van der Waals surface area (Å²) in [6.07, 6.45) is 2.86. The lowest BCUT2D eigenvalue weighted by molar-refractivity contribution is 0.0695. The predicted octanol–water partition coefficient (Wildman–Crippen LogP) is 4.79. The lowest BCUT2D eigenvalue weighted by atomic mass is 10.2. The van der Waals surface area contributed by atoms with Crippen LogP contribution < -0.4 is 11.1 Å². The van der Waals surface area contributed by atoms with E-state index in [4.69, 9.17) is 10.2 Å². The molecule has 2 aromatic carbocycles. The number of nitrogens with zero attached hydrogens (tertiary/aromatic N) is 2. The largest absolute Gasteiger partial charge is 0.478 e. The van der Waals surface area contributed by atoms with Gasteiger partial charge >= 0.3 is 5.97 Å². The van der Waals surface area contributed by atoms with Crippen molar-refractivity contribution in [3.05, 3.63) is 137 Å². The molecule has 192 valence electrons. The number of aromatic carboxylic acids is 1. The van der Waals surface area contributed by atoms with Crippen LogP contribution in [0.3, 0.4) is 0 Å². The summed E-state index contributed by atoms with van der Waals surface area (Å²) in [5.74, 6) is -1.79. The van der Waals surface area contributed by atoms with Gasteiger partial charge in [0.2, 0.25) is 0 Å². The molecule has 0 atom stereocenters. The number of pyridine rings is 2. The van der Waals surface area contributed by atoms with E-state index in [-0.39, 0.29) is 45.9 Å². The van der Waals surface area contributed by atoms with Gasteiger partial charge in [-0.25, -0.2) is 13.6 Å². The van der Waals surface area contributed by atoms with Gasteiger partial charge in [0.1, 0.15) is 11.6 Å². The SMILES string of the molecule is O=C(O)c1cc(Br)c(=O)n(Cc2ccc(F)cc2)c1.O=c1c(Br)cc(CO)cn1Cc1ccc(F)cc1. The maximum atomic E-state index is 12.8. The van der Waals surface area contributed by atoms with Crippen molar-refractivity contribution in [3.63, 3.8) is 0 Å². The highest BCUT2D eigenvalue weighted by Gasteiger charge is 2.10. The molecule has 0 radical (unpaired) electrons. The fourth-order valence-electron chi connectivity index (χ4n) is 3.27. The zero-order valence-electron chi connectivity index (χ0n) is 19.1. The van der Waals surface area contributed by atoms with E-state index >= 15 is 0 Å². The van der Waals surface area contributed by atoms with Crippen molar-refractivity contribution in [1.82, 2.24) is 9.13 Å². The van der Waals surface area contributed by atoms with E-state index in [1.165, 1.54) is 45.7 Å². The monoisotopic (exact) mass is 636 g/mol. The molecule has 2 heterocycles. The highest BCUT2D eigenvalue weighted by molar-refractivity contribution is 9.10. The Hall–Kier alpha value is -3.41. The molecule has 7 nitrogen and oxygen atoms in total. The molecule has 2 aromatic heterocycles. The summed E-state index contributed by atoms with van der Waals surface area (Å²) in [4.78, 5) is 34.7. The Labute approximate surface area is 226 Å². The summed E-state index contributed by atoms with van der Waals surface area (Å²) in [5, 5.41) is 18.0. The Kier molecular flexibility index (Phi) is 9.67. The fraction of sp³-hybridized carbons (Fsp3) is 0.115. The second-order valence-corrected chi connectivity index (χ2v) is 9.56. The van der Waals surface area contributed by atoms with Crippen LogP contribution in [0.1, 0.15) is 27.0 Å². The first kappa shape index (κ1) is 28.2. The van der Waals surface area contributed by atoms with Crippen LogP contribution in [0.2, 0.25) is 0 Å². The van der Waals surface area contributed by atoms with E-state index < -0.39 is 5.97 Å². The van der Waals surface area contributed by atoms with Crippen LogP contribution in [0, 0.1) is 11.6 Å². The van der Waals surface area contributed by atoms with Gasteiger partial charge in [-0.2, -0.15) is 0 Å². The molecule has 0 aliphatic rings. The van der Waals surface area contributed by atoms with Crippen LogP contribution >= 0.6 is 31.9 Å². The first-order chi connectivity index (χ1) is 17.6. The quantitative estimate of drug-likeness (QED) is 0.317. The molecule has 0 saturated carbocycles. The minimum absolute atomic E-state index is 0.00795. The maximum absolute atomic E-state index is 12.8. The molecule has 0 aliphatic carbocycles. The fourth-order valence-corrected chi connectivity index (χ4v) is 4.26. The van der Waals surface area contributed by atoms with Crippen molar-refractivity contribution in [1.29, 1.82) is 0 Å². The zero-order valence-corrected chi connectivity index (χ0v) is 22.2. The molecule has 0 spiro atoms. The van der Waals surface area contributed by atoms with Crippen molar-refractivity contribution in [3.8, 4) is 0 Å². The van der Waals surface area contributed by atoms with Gasteiger partial charge in [-0.05, 0) is 84.9 Å². The second kappa shape index (κ2) is 12.7. The number of hydrogen-bond donors (Lipinski definition) is 2. The third-order valence-electron chi connectivity index (χ3n) is 5.10. The average molecular weight is 638 g/mol. The number of carbonyl (C=O) groups is 1. The van der Waals surface area contributed by atoms with Crippen molar-refractivity contribution in [2.75, 3.05) is 0 Å². The number of aliphatic hydroxyl groups is 1. The van der Waals surface area contributed by atoms with E-state index in [1.807, 2.05) is 0 Å². The molecular weight excluding hydrogens is 618 g/mol. The van der Waals surface area contributed by atoms with E-state index in [2.05, 4.69) is 31.9 Å². The summed E-state index contributed by atoms with van der Waals surface area (Å²) in [5.41, 5.74) is 1.65. The highest BCUT2D eigenvalue weighted by Crippen LogP contribution is 2.11. The van der Waals surface area contributed by atoms with E-state index in [1.54, 1.807) is 36.5 Å². The molecule has 37 heavy (non-hydrogen) atoms. The van der Waals surface area contributed by atoms with Crippen LogP contribution in [0.4, 0.5) is 8.78 Å². The zero-order chi connectivity index (χ0) is 27.1. The molecule has 0 amide bonds. The van der Waals surface area contributed by atoms with Crippen LogP contribution in [0.15, 0.2) is 91.6 Å². The Morgan fingerprint density at radius 3 is 1.59 bits per heavy atom. The third kappa shape index (κ3) is 7.78. The smallest absolute Gasteiger partial charge is 0.337 e. The predicted molar refractivity (Wildman–Crippen MR) is 141 cm³/mol. The number of benzene rings is 2. The minimum atomic E-state index is -1.12. The first-order valence-corrected chi connectivity index (χ1v) is 12.3. The number of aliphatic hydroxyl groups excluding tert-OH is 1. The topological polar surface area (TPSA) is 102 Å². The number of carboxylic acids is 1. The maximum Gasteiger partial charge on any atom is 0.337 e. The Morgan fingerprint density at radius 1 is 0.730 bits per heavy atom. The van der Waals surface area contributed by atoms with Crippen LogP contribution in [-0.2, 0) is 19.7 Å². The Morgan fingerprint density at radius 2 is 1.16 bits per heavy atom. The Bertz CT molecular complexity index is 1520. The van der Waals surface area contributed by atoms with Gasteiger partial charge in [0.25, 0.3) is 11.1 Å². The van der Waals surface area contributed by atoms with E-state index in [9.17, 15) is 23.2 Å². The lowest BCUT2D eigenvalue weighted by Gasteiger charge is -2.08. The molecule has 0 aliphatic heterocycles. The summed E-state index contributed by atoms with van der Waals surface area (Å²) >= 11 is 6.19. The van der Waals surface area contributed by atoms with Crippen LogP contribution in [0.5, 0.6) is 0 Å². The van der Waals surface area contributed by atoms with Gasteiger partial charge in [0, 0.05) is 12.4 Å². The number of carboxylic acid groups (broad SMARTS) is 1. The van der Waals surface area contributed by atoms with E-state index in [0.717, 1.165) is 5.56 Å². The molecule has 0 bridgehead atoms. The highest BCUT2D eigenvalue weighted by atomic mass is 79.9. The number of rotatable bonds is 6. The summed E-state index contributed by atoms with van der Waals surface area (Å²) in [6, 6.07) is 14.5. The molecule has 0 fully saturated rings. The number of aromatic nitrogens is 2. The summed E-state index contributed by atoms with van der Waals surface area (Å²) < 4.78 is 28.9. The number of hydrogen-bond acceptors (Lipinski definition) is 4. The van der Waals surface area contributed by atoms with Gasteiger partial charge < -0.3 is 19.3 Å². The second-order valence-electron chi connectivity index (χ2n) is 7.86. The average Bonchev–Trinajstić information content (AvgIpc) is 2.87. The van der Waals surface area contributed by atoms with Crippen molar-refractivity contribution in [2.45, 2.75) is 19.7 Å². The van der Waals surface area contributed by atoms with Gasteiger partial charge in [-0.15, -0.1) is 0 Å². The summed E-state index contributed by atoms with van der Waals surface area (Å²) in [6.45, 7) is 0.382. The molecule has 4 aromatic rings. The molecule has 2 N–H and O–H groups in total. The van der Waals surface area contributed by atoms with Crippen LogP contribution in [0.25, 0.3) is 0 Å². The molecule has 0 unspecified atom stereocenters. The van der Waals surface area contributed by atoms with Gasteiger partial charge in [-0.3, -0.25) is 9.59 Å². The van der Waals surface area contributed by atoms with Crippen molar-refractivity contribution >= 4 is 37.8 Å². The standard InChI is InChI=1S/C13H9BrFNO3.C13H11BrFNO2/c14-11-5-9(13(18)19)7-16(12(11)17)6-8-1-3-10(15)4-2-8;14-12-5-10(8-17)7-16(13(12)18)6-9-1-3-11(15)4-2-9/h1-5,7H,6H2,(H,18,19);1-5,7,17H,6,8H2. The lowest BCUT2D eigenvalue weighted by Crippen LogP contribution is -2.22. The molecule has 11 heteroatoms. The van der Waals surface area contributed by atoms with Crippen molar-refractivity contribution in [2.24, 2.45) is 0 Å². The minimum Gasteiger partial charge on any atom is -0.478 e. The molecular formula is C26H20Br2F2N2O5. The Balaban J connectivity index is 0.000000206. The number of halogens is 4. The van der Waals surface area contributed by atoms with E-state index in [0.29, 0.717) is 22.1 Å². The van der Waals surface area contributed by atoms with Gasteiger partial charge in [0.15, 0.2) is 0 Å². The van der Waals surface area contributed by atoms with Gasteiger partial charge in [0.05, 0.1) is 34.2 Å². The van der Waals surface area contributed by atoms with Crippen LogP contribution in [-0.4, -0.2) is 25.3 Å². The molecule has 0 saturated heterocycles.